The van der Waals surface area contributed by atoms with Crippen LogP contribution >= 0.6 is 24.0 Å². The summed E-state index contributed by atoms with van der Waals surface area (Å²) in [4.78, 5) is 6.51. The first-order valence-corrected chi connectivity index (χ1v) is 9.08. The number of allylic oxidation sites excluding steroid dienone is 1. The minimum atomic E-state index is -0.00425. The molecule has 0 aliphatic carbocycles. The molecule has 0 radical (unpaired) electrons. The largest absolute Gasteiger partial charge is 0.510 e. The minimum Gasteiger partial charge on any atom is -0.510 e. The van der Waals surface area contributed by atoms with E-state index in [9.17, 15) is 10.4 Å². The van der Waals surface area contributed by atoms with Crippen LogP contribution < -0.4 is 0 Å². The van der Waals surface area contributed by atoms with E-state index in [0.717, 1.165) is 24.1 Å². The molecule has 0 aliphatic heterocycles. The van der Waals surface area contributed by atoms with Gasteiger partial charge in [0.05, 0.1) is 16.8 Å². The van der Waals surface area contributed by atoms with E-state index in [-0.39, 0.29) is 17.1 Å². The highest BCUT2D eigenvalue weighted by molar-refractivity contribution is 8.23. The Labute approximate surface area is 151 Å². The zero-order valence-corrected chi connectivity index (χ0v) is 15.6. The van der Waals surface area contributed by atoms with Crippen molar-refractivity contribution in [2.24, 2.45) is 7.05 Å². The van der Waals surface area contributed by atoms with Crippen molar-refractivity contribution in [2.45, 2.75) is 13.8 Å². The van der Waals surface area contributed by atoms with Crippen LogP contribution in [0.2, 0.25) is 0 Å². The van der Waals surface area contributed by atoms with Gasteiger partial charge >= 0.3 is 0 Å². The first-order chi connectivity index (χ1) is 11.5. The van der Waals surface area contributed by atoms with Crippen molar-refractivity contribution >= 4 is 44.9 Å². The average Bonchev–Trinajstić information content (AvgIpc) is 2.92. The van der Waals surface area contributed by atoms with Gasteiger partial charge in [-0.25, -0.2) is 4.98 Å². The van der Waals surface area contributed by atoms with Crippen LogP contribution in [0.25, 0.3) is 16.6 Å². The number of aliphatic hydroxyl groups is 1. The normalized spacial score (nSPS) is 11.9. The van der Waals surface area contributed by atoms with Crippen LogP contribution in [0.4, 0.5) is 0 Å². The Bertz CT molecular complexity index is 816. The summed E-state index contributed by atoms with van der Waals surface area (Å²) in [6.45, 7) is 5.71. The fourth-order valence-corrected chi connectivity index (χ4v) is 3.67. The lowest BCUT2D eigenvalue weighted by atomic mass is 10.2. The quantitative estimate of drug-likeness (QED) is 0.498. The summed E-state index contributed by atoms with van der Waals surface area (Å²) in [6, 6.07) is 9.71. The third-order valence-corrected chi connectivity index (χ3v) is 5.30. The number of imidazole rings is 1. The maximum absolute atomic E-state index is 10.4. The first kappa shape index (κ1) is 18.3. The number of aromatic nitrogens is 2. The van der Waals surface area contributed by atoms with Crippen molar-refractivity contribution in [3.8, 4) is 6.07 Å². The summed E-state index contributed by atoms with van der Waals surface area (Å²) in [7, 11) is 1.84. The van der Waals surface area contributed by atoms with Crippen molar-refractivity contribution in [1.29, 1.82) is 5.26 Å². The molecular weight excluding hydrogens is 340 g/mol. The number of benzene rings is 1. The Morgan fingerprint density at radius 2 is 2.04 bits per heavy atom. The predicted molar refractivity (Wildman–Crippen MR) is 104 cm³/mol. The fourth-order valence-electron chi connectivity index (χ4n) is 2.39. The molecule has 0 atom stereocenters. The van der Waals surface area contributed by atoms with Crippen LogP contribution in [-0.2, 0) is 7.05 Å². The lowest BCUT2D eigenvalue weighted by Gasteiger charge is -2.20. The molecular formula is C17H20N4OS2. The molecule has 0 unspecified atom stereocenters. The second kappa shape index (κ2) is 8.18. The van der Waals surface area contributed by atoms with Gasteiger partial charge in [0.15, 0.2) is 5.82 Å². The second-order valence-electron chi connectivity index (χ2n) is 5.14. The van der Waals surface area contributed by atoms with Crippen molar-refractivity contribution in [2.75, 3.05) is 18.8 Å². The molecule has 0 amide bonds. The van der Waals surface area contributed by atoms with Crippen molar-refractivity contribution < 1.29 is 5.11 Å². The monoisotopic (exact) mass is 360 g/mol. The smallest absolute Gasteiger partial charge is 0.155 e. The van der Waals surface area contributed by atoms with E-state index in [1.165, 1.54) is 11.8 Å². The molecule has 0 spiro atoms. The third kappa shape index (κ3) is 3.71. The lowest BCUT2D eigenvalue weighted by molar-refractivity contribution is 0.420. The number of rotatable bonds is 5. The van der Waals surface area contributed by atoms with E-state index in [0.29, 0.717) is 10.1 Å². The molecule has 1 heterocycles. The second-order valence-corrected chi connectivity index (χ2v) is 6.75. The zero-order chi connectivity index (χ0) is 17.7. The highest BCUT2D eigenvalue weighted by atomic mass is 32.2. The van der Waals surface area contributed by atoms with Gasteiger partial charge < -0.3 is 14.6 Å². The molecule has 126 valence electrons. The van der Waals surface area contributed by atoms with Crippen LogP contribution in [0.15, 0.2) is 30.0 Å². The number of aryl methyl sites for hydroxylation is 1. The van der Waals surface area contributed by atoms with Crippen LogP contribution in [0, 0.1) is 11.3 Å². The summed E-state index contributed by atoms with van der Waals surface area (Å²) in [5.74, 6) is 0.711. The van der Waals surface area contributed by atoms with Crippen molar-refractivity contribution in [3.63, 3.8) is 0 Å². The van der Waals surface area contributed by atoms with Gasteiger partial charge in [-0.1, -0.05) is 36.1 Å². The summed E-state index contributed by atoms with van der Waals surface area (Å²) >= 11 is 6.72. The number of nitrogens with zero attached hydrogens (tertiary/aromatic N) is 4. The molecule has 1 aromatic heterocycles. The van der Waals surface area contributed by atoms with Gasteiger partial charge in [-0.05, 0) is 26.0 Å². The molecule has 2 aromatic rings. The number of fused-ring (bicyclic) bond motifs is 1. The number of thioether (sulfide) groups is 1. The minimum absolute atomic E-state index is 0.00425. The topological polar surface area (TPSA) is 65.1 Å². The van der Waals surface area contributed by atoms with E-state index in [1.807, 2.05) is 54.6 Å². The molecule has 0 saturated carbocycles. The van der Waals surface area contributed by atoms with Crippen LogP contribution in [0.1, 0.15) is 19.7 Å². The van der Waals surface area contributed by atoms with E-state index < -0.39 is 0 Å². The SMILES string of the molecule is CCN(CC)C(=S)SC/C(O)=C(\C#N)c1nc2ccccc2n1C. The Hall–Kier alpha value is -2.04. The van der Waals surface area contributed by atoms with Gasteiger partial charge in [0.1, 0.15) is 21.7 Å². The zero-order valence-electron chi connectivity index (χ0n) is 14.0. The molecule has 1 aromatic carbocycles. The fraction of sp³-hybridized carbons (Fsp3) is 0.353. The number of thiocarbonyl (C=S) groups is 1. The van der Waals surface area contributed by atoms with E-state index >= 15 is 0 Å². The molecule has 2 rings (SSSR count). The van der Waals surface area contributed by atoms with E-state index in [1.54, 1.807) is 0 Å². The van der Waals surface area contributed by atoms with Crippen LogP contribution in [0.3, 0.4) is 0 Å². The summed E-state index contributed by atoms with van der Waals surface area (Å²) in [6.07, 6.45) is 0. The van der Waals surface area contributed by atoms with Gasteiger partial charge in [0.2, 0.25) is 0 Å². The molecule has 0 aliphatic rings. The molecule has 7 heteroatoms. The molecule has 0 saturated heterocycles. The van der Waals surface area contributed by atoms with Crippen molar-refractivity contribution in [1.82, 2.24) is 14.5 Å². The predicted octanol–water partition coefficient (Wildman–Crippen LogP) is 3.73. The summed E-state index contributed by atoms with van der Waals surface area (Å²) in [5.41, 5.74) is 1.89. The number of aliphatic hydroxyl groups excluding tert-OH is 1. The van der Waals surface area contributed by atoms with E-state index in [2.05, 4.69) is 11.1 Å². The Balaban J connectivity index is 2.28. The number of para-hydroxylation sites is 2. The highest BCUT2D eigenvalue weighted by Gasteiger charge is 2.17. The maximum atomic E-state index is 10.4. The Morgan fingerprint density at radius 3 is 2.62 bits per heavy atom. The van der Waals surface area contributed by atoms with Gasteiger partial charge in [0, 0.05) is 20.1 Å². The highest BCUT2D eigenvalue weighted by Crippen LogP contribution is 2.24. The average molecular weight is 361 g/mol. The number of nitriles is 1. The third-order valence-electron chi connectivity index (χ3n) is 3.77. The molecule has 5 nitrogen and oxygen atoms in total. The molecule has 0 fully saturated rings. The first-order valence-electron chi connectivity index (χ1n) is 7.69. The standard InChI is InChI=1S/C17H20N4OS2/c1-4-21(5-2)17(23)24-11-15(22)12(10-18)16-19-13-8-6-7-9-14(13)20(16)3/h6-9,22H,4-5,11H2,1-3H3/b15-12-. The lowest BCUT2D eigenvalue weighted by Crippen LogP contribution is -2.26. The Kier molecular flexibility index (Phi) is 6.23. The molecule has 0 bridgehead atoms. The molecule has 1 N–H and O–H groups in total. The van der Waals surface area contributed by atoms with Gasteiger partial charge in [-0.3, -0.25) is 0 Å². The molecule has 24 heavy (non-hydrogen) atoms. The van der Waals surface area contributed by atoms with Gasteiger partial charge in [-0.2, -0.15) is 5.26 Å². The summed E-state index contributed by atoms with van der Waals surface area (Å²) in [5, 5.41) is 19.9. The van der Waals surface area contributed by atoms with Crippen molar-refractivity contribution in [3.05, 3.63) is 35.8 Å². The van der Waals surface area contributed by atoms with Gasteiger partial charge in [-0.15, -0.1) is 0 Å². The number of hydrogen-bond donors (Lipinski definition) is 1. The maximum Gasteiger partial charge on any atom is 0.155 e. The van der Waals surface area contributed by atoms with Gasteiger partial charge in [0.25, 0.3) is 0 Å². The van der Waals surface area contributed by atoms with E-state index in [4.69, 9.17) is 12.2 Å². The van der Waals surface area contributed by atoms with Crippen LogP contribution in [-0.4, -0.2) is 42.7 Å². The Morgan fingerprint density at radius 1 is 1.38 bits per heavy atom. The van der Waals surface area contributed by atoms with Crippen LogP contribution in [0.5, 0.6) is 0 Å². The number of hydrogen-bond acceptors (Lipinski definition) is 5. The summed E-state index contributed by atoms with van der Waals surface area (Å²) < 4.78 is 2.53.